The van der Waals surface area contributed by atoms with E-state index in [-0.39, 0.29) is 29.2 Å². The molecule has 1 fully saturated rings. The van der Waals surface area contributed by atoms with Crippen LogP contribution in [0.4, 0.5) is 0 Å². The predicted octanol–water partition coefficient (Wildman–Crippen LogP) is 3.32. The van der Waals surface area contributed by atoms with Gasteiger partial charge in [-0.15, -0.1) is 0 Å². The first-order chi connectivity index (χ1) is 21.6. The molecule has 2 heterocycles. The molecule has 0 saturated carbocycles. The molecular formula is C33H34N2O10. The normalized spacial score (nSPS) is 20.0. The maximum absolute atomic E-state index is 13.5. The molecule has 0 spiro atoms. The molecule has 0 radical (unpaired) electrons. The third-order valence-corrected chi connectivity index (χ3v) is 6.98. The summed E-state index contributed by atoms with van der Waals surface area (Å²) in [6.07, 6.45) is -0.858. The van der Waals surface area contributed by atoms with E-state index in [1.54, 1.807) is 44.2 Å². The van der Waals surface area contributed by atoms with Gasteiger partial charge in [0.05, 0.1) is 18.6 Å². The summed E-state index contributed by atoms with van der Waals surface area (Å²) in [5.41, 5.74) is 0.624. The molecule has 45 heavy (non-hydrogen) atoms. The quantitative estimate of drug-likeness (QED) is 0.277. The lowest BCUT2D eigenvalue weighted by Crippen LogP contribution is -2.47. The summed E-state index contributed by atoms with van der Waals surface area (Å²) in [4.78, 5) is 69.7. The van der Waals surface area contributed by atoms with Gasteiger partial charge in [0.2, 0.25) is 5.75 Å². The smallest absolute Gasteiger partial charge is 0.343 e. The SMILES string of the molecule is COc1ccnc(C(=O)N[C@H]2COC(=O)[C@H](Cc3ccccc3)[C@@H](OC(=O)C(C)C)[C@H](C)OC2=O)c1OC(=O)c1ccccc1. The molecule has 12 nitrogen and oxygen atoms in total. The van der Waals surface area contributed by atoms with E-state index in [0.717, 1.165) is 5.56 Å². The Balaban J connectivity index is 1.59. The number of ether oxygens (including phenoxy) is 5. The molecule has 0 bridgehead atoms. The number of carbonyl (C=O) groups is 5. The zero-order chi connectivity index (χ0) is 32.5. The van der Waals surface area contributed by atoms with Crippen molar-refractivity contribution in [2.45, 2.75) is 45.4 Å². The van der Waals surface area contributed by atoms with Gasteiger partial charge >= 0.3 is 23.9 Å². The minimum Gasteiger partial charge on any atom is -0.493 e. The number of amides is 1. The van der Waals surface area contributed by atoms with Crippen LogP contribution < -0.4 is 14.8 Å². The summed E-state index contributed by atoms with van der Waals surface area (Å²) in [6, 6.07) is 17.1. The van der Waals surface area contributed by atoms with E-state index in [1.807, 2.05) is 18.2 Å². The van der Waals surface area contributed by atoms with E-state index in [4.69, 9.17) is 23.7 Å². The standard InChI is InChI=1S/C33H34N2O10/c1-19(2)30(37)44-27-20(3)43-33(40)24(18-42-32(39)23(27)17-21-11-7-5-8-12-21)35-29(36)26-28(25(41-4)15-16-34-26)45-31(38)22-13-9-6-10-14-22/h5-16,19-20,23-24,27H,17-18H2,1-4H3,(H,35,36)/t20-,23+,24-,27-/m0/s1. The summed E-state index contributed by atoms with van der Waals surface area (Å²) in [5.74, 6) is -5.75. The molecule has 0 aliphatic carbocycles. The third kappa shape index (κ3) is 8.22. The molecule has 4 atom stereocenters. The molecule has 1 aliphatic heterocycles. The summed E-state index contributed by atoms with van der Waals surface area (Å²) in [6.45, 7) is 4.19. The Morgan fingerprint density at radius 2 is 1.64 bits per heavy atom. The Kier molecular flexibility index (Phi) is 10.9. The van der Waals surface area contributed by atoms with Gasteiger partial charge in [-0.1, -0.05) is 62.4 Å². The van der Waals surface area contributed by atoms with Gasteiger partial charge in [-0.25, -0.2) is 14.6 Å². The summed E-state index contributed by atoms with van der Waals surface area (Å²) < 4.78 is 27.6. The Morgan fingerprint density at radius 1 is 0.978 bits per heavy atom. The summed E-state index contributed by atoms with van der Waals surface area (Å²) >= 11 is 0. The number of pyridine rings is 1. The van der Waals surface area contributed by atoms with Crippen LogP contribution in [0.1, 0.15) is 47.2 Å². The summed E-state index contributed by atoms with van der Waals surface area (Å²) in [5, 5.41) is 2.46. The van der Waals surface area contributed by atoms with E-state index >= 15 is 0 Å². The van der Waals surface area contributed by atoms with Gasteiger partial charge in [0.1, 0.15) is 18.6 Å². The van der Waals surface area contributed by atoms with Crippen LogP contribution in [0.15, 0.2) is 72.9 Å². The van der Waals surface area contributed by atoms with E-state index in [9.17, 15) is 24.0 Å². The first kappa shape index (κ1) is 32.6. The van der Waals surface area contributed by atoms with Gasteiger partial charge in [-0.2, -0.15) is 0 Å². The van der Waals surface area contributed by atoms with Crippen molar-refractivity contribution in [3.8, 4) is 11.5 Å². The van der Waals surface area contributed by atoms with Crippen LogP contribution in [0, 0.1) is 11.8 Å². The second kappa shape index (κ2) is 15.0. The van der Waals surface area contributed by atoms with Crippen LogP contribution in [0.25, 0.3) is 0 Å². The molecule has 1 aliphatic rings. The first-order valence-electron chi connectivity index (χ1n) is 14.3. The monoisotopic (exact) mass is 618 g/mol. The van der Waals surface area contributed by atoms with Crippen LogP contribution >= 0.6 is 0 Å². The minimum absolute atomic E-state index is 0.0371. The fourth-order valence-corrected chi connectivity index (χ4v) is 4.55. The molecule has 1 N–H and O–H groups in total. The molecular weight excluding hydrogens is 584 g/mol. The van der Waals surface area contributed by atoms with E-state index in [2.05, 4.69) is 10.3 Å². The highest BCUT2D eigenvalue weighted by molar-refractivity contribution is 6.00. The zero-order valence-corrected chi connectivity index (χ0v) is 25.3. The number of benzene rings is 2. The maximum atomic E-state index is 13.5. The molecule has 1 aromatic heterocycles. The van der Waals surface area contributed by atoms with Gasteiger partial charge in [0, 0.05) is 12.3 Å². The Morgan fingerprint density at radius 3 is 2.29 bits per heavy atom. The molecule has 1 amide bonds. The zero-order valence-electron chi connectivity index (χ0n) is 25.3. The number of esters is 4. The van der Waals surface area contributed by atoms with Crippen LogP contribution in [-0.4, -0.2) is 66.7 Å². The fourth-order valence-electron chi connectivity index (χ4n) is 4.55. The van der Waals surface area contributed by atoms with Crippen LogP contribution in [-0.2, 0) is 35.0 Å². The fraction of sp³-hybridized carbons (Fsp3) is 0.333. The number of cyclic esters (lactones) is 2. The number of hydrogen-bond acceptors (Lipinski definition) is 11. The van der Waals surface area contributed by atoms with Crippen molar-refractivity contribution in [1.82, 2.24) is 10.3 Å². The van der Waals surface area contributed by atoms with Gasteiger partial charge in [-0.3, -0.25) is 14.4 Å². The lowest BCUT2D eigenvalue weighted by molar-refractivity contribution is -0.176. The van der Waals surface area contributed by atoms with Gasteiger partial charge in [0.15, 0.2) is 23.6 Å². The highest BCUT2D eigenvalue weighted by Crippen LogP contribution is 2.31. The minimum atomic E-state index is -1.48. The topological polar surface area (TPSA) is 156 Å². The van der Waals surface area contributed by atoms with Crippen LogP contribution in [0.3, 0.4) is 0 Å². The van der Waals surface area contributed by atoms with Crippen LogP contribution in [0.2, 0.25) is 0 Å². The van der Waals surface area contributed by atoms with Gasteiger partial charge < -0.3 is 29.0 Å². The number of hydrogen-bond donors (Lipinski definition) is 1. The molecule has 12 heteroatoms. The van der Waals surface area contributed by atoms with Crippen molar-refractivity contribution in [2.75, 3.05) is 13.7 Å². The highest BCUT2D eigenvalue weighted by Gasteiger charge is 2.42. The number of methoxy groups -OCH3 is 1. The Hall–Kier alpha value is -5.26. The Labute approximate surface area is 260 Å². The average Bonchev–Trinajstić information content (AvgIpc) is 3.07. The molecule has 236 valence electrons. The third-order valence-electron chi connectivity index (χ3n) is 6.98. The maximum Gasteiger partial charge on any atom is 0.343 e. The number of carbonyl (C=O) groups excluding carboxylic acids is 5. The molecule has 3 aromatic rings. The van der Waals surface area contributed by atoms with Crippen molar-refractivity contribution in [3.05, 3.63) is 89.7 Å². The molecule has 2 aromatic carbocycles. The Bertz CT molecular complexity index is 1530. The lowest BCUT2D eigenvalue weighted by atomic mass is 9.91. The van der Waals surface area contributed by atoms with Crippen molar-refractivity contribution in [3.63, 3.8) is 0 Å². The predicted molar refractivity (Wildman–Crippen MR) is 158 cm³/mol. The average molecular weight is 619 g/mol. The van der Waals surface area contributed by atoms with Gasteiger partial charge in [0.25, 0.3) is 5.91 Å². The number of nitrogens with one attached hydrogen (secondary N) is 1. The van der Waals surface area contributed by atoms with Gasteiger partial charge in [-0.05, 0) is 31.0 Å². The lowest BCUT2D eigenvalue weighted by Gasteiger charge is -2.29. The number of rotatable bonds is 9. The summed E-state index contributed by atoms with van der Waals surface area (Å²) in [7, 11) is 1.32. The van der Waals surface area contributed by atoms with Crippen molar-refractivity contribution < 1.29 is 47.7 Å². The largest absolute Gasteiger partial charge is 0.493 e. The second-order valence-electron chi connectivity index (χ2n) is 10.6. The molecule has 1 saturated heterocycles. The van der Waals surface area contributed by atoms with E-state index in [1.165, 1.54) is 38.4 Å². The number of aromatic nitrogens is 1. The van der Waals surface area contributed by atoms with E-state index in [0.29, 0.717) is 0 Å². The van der Waals surface area contributed by atoms with Crippen molar-refractivity contribution in [2.24, 2.45) is 11.8 Å². The second-order valence-corrected chi connectivity index (χ2v) is 10.6. The molecule has 0 unspecified atom stereocenters. The van der Waals surface area contributed by atoms with Crippen molar-refractivity contribution >= 4 is 29.8 Å². The van der Waals surface area contributed by atoms with Crippen LogP contribution in [0.5, 0.6) is 11.5 Å². The number of nitrogens with zero attached hydrogens (tertiary/aromatic N) is 1. The van der Waals surface area contributed by atoms with E-state index < -0.39 is 66.5 Å². The highest BCUT2D eigenvalue weighted by atomic mass is 16.6. The van der Waals surface area contributed by atoms with Crippen molar-refractivity contribution in [1.29, 1.82) is 0 Å². The first-order valence-corrected chi connectivity index (χ1v) is 14.3. The molecule has 4 rings (SSSR count).